The highest BCUT2D eigenvalue weighted by molar-refractivity contribution is 6.31. The Bertz CT molecular complexity index is 717. The molecule has 2 aromatic rings. The Morgan fingerprint density at radius 2 is 1.95 bits per heavy atom. The Labute approximate surface area is 126 Å². The van der Waals surface area contributed by atoms with Gasteiger partial charge < -0.3 is 11.1 Å². The monoisotopic (exact) mass is 302 g/mol. The van der Waals surface area contributed by atoms with E-state index in [0.717, 1.165) is 5.56 Å². The predicted octanol–water partition coefficient (Wildman–Crippen LogP) is 3.04. The van der Waals surface area contributed by atoms with Crippen molar-refractivity contribution in [2.75, 3.05) is 11.9 Å². The molecule has 0 aliphatic carbocycles. The summed E-state index contributed by atoms with van der Waals surface area (Å²) < 4.78 is 13.5. The van der Waals surface area contributed by atoms with Crippen LogP contribution in [0.4, 0.5) is 10.1 Å². The maximum absolute atomic E-state index is 13.5. The second kappa shape index (κ2) is 6.89. The Morgan fingerprint density at radius 3 is 2.62 bits per heavy atom. The van der Waals surface area contributed by atoms with Crippen LogP contribution < -0.4 is 11.1 Å². The van der Waals surface area contributed by atoms with Crippen molar-refractivity contribution in [1.82, 2.24) is 0 Å². The number of halogens is 2. The highest BCUT2D eigenvalue weighted by Gasteiger charge is 2.09. The van der Waals surface area contributed by atoms with Crippen LogP contribution in [0.15, 0.2) is 42.5 Å². The van der Waals surface area contributed by atoms with E-state index in [1.165, 1.54) is 18.2 Å². The fourth-order valence-corrected chi connectivity index (χ4v) is 1.82. The van der Waals surface area contributed by atoms with Crippen LogP contribution in [0.2, 0.25) is 5.02 Å². The molecule has 0 saturated carbocycles. The zero-order chi connectivity index (χ0) is 15.2. The van der Waals surface area contributed by atoms with Crippen LogP contribution in [0.25, 0.3) is 0 Å². The van der Waals surface area contributed by atoms with E-state index in [4.69, 9.17) is 17.3 Å². The summed E-state index contributed by atoms with van der Waals surface area (Å²) in [5.41, 5.74) is 6.48. The lowest BCUT2D eigenvalue weighted by molar-refractivity contribution is 0.102. The Kier molecular flexibility index (Phi) is 4.94. The number of benzene rings is 2. The molecule has 0 aliphatic heterocycles. The number of rotatable bonds is 2. The number of hydrogen-bond acceptors (Lipinski definition) is 2. The van der Waals surface area contributed by atoms with Gasteiger partial charge in [0.05, 0.1) is 12.2 Å². The Morgan fingerprint density at radius 1 is 1.24 bits per heavy atom. The first kappa shape index (κ1) is 15.0. The average Bonchev–Trinajstić information content (AvgIpc) is 2.49. The molecule has 3 N–H and O–H groups in total. The van der Waals surface area contributed by atoms with Crippen molar-refractivity contribution in [1.29, 1.82) is 0 Å². The fourth-order valence-electron chi connectivity index (χ4n) is 1.65. The molecule has 0 atom stereocenters. The minimum Gasteiger partial charge on any atom is -0.320 e. The summed E-state index contributed by atoms with van der Waals surface area (Å²) in [7, 11) is 0. The fraction of sp³-hybridized carbons (Fsp3) is 0.0625. The predicted molar refractivity (Wildman–Crippen MR) is 81.7 cm³/mol. The maximum atomic E-state index is 13.5. The molecule has 0 heterocycles. The number of carbonyl (C=O) groups excluding carboxylic acids is 1. The summed E-state index contributed by atoms with van der Waals surface area (Å²) in [4.78, 5) is 12.0. The minimum absolute atomic E-state index is 0.0412. The van der Waals surface area contributed by atoms with E-state index in [9.17, 15) is 9.18 Å². The molecule has 0 bridgehead atoms. The molecular weight excluding hydrogens is 291 g/mol. The number of carbonyl (C=O) groups is 1. The summed E-state index contributed by atoms with van der Waals surface area (Å²) in [6.07, 6.45) is 0. The molecular formula is C16H12ClFN2O. The van der Waals surface area contributed by atoms with Crippen LogP contribution in [-0.4, -0.2) is 12.5 Å². The summed E-state index contributed by atoms with van der Waals surface area (Å²) in [6, 6.07) is 10.6. The van der Waals surface area contributed by atoms with Gasteiger partial charge >= 0.3 is 0 Å². The van der Waals surface area contributed by atoms with Gasteiger partial charge in [-0.2, -0.15) is 0 Å². The minimum atomic E-state index is -0.543. The highest BCUT2D eigenvalue weighted by atomic mass is 35.5. The van der Waals surface area contributed by atoms with Crippen LogP contribution in [0.5, 0.6) is 0 Å². The van der Waals surface area contributed by atoms with Gasteiger partial charge in [-0.25, -0.2) is 4.39 Å². The molecule has 2 aromatic carbocycles. The second-order valence-corrected chi connectivity index (χ2v) is 4.60. The third-order valence-corrected chi connectivity index (χ3v) is 2.89. The van der Waals surface area contributed by atoms with E-state index in [1.807, 2.05) is 0 Å². The van der Waals surface area contributed by atoms with Crippen molar-refractivity contribution < 1.29 is 9.18 Å². The molecule has 5 heteroatoms. The van der Waals surface area contributed by atoms with Crippen LogP contribution in [-0.2, 0) is 0 Å². The van der Waals surface area contributed by atoms with Crippen molar-refractivity contribution >= 4 is 23.2 Å². The Hall–Kier alpha value is -2.35. The van der Waals surface area contributed by atoms with Crippen LogP contribution >= 0.6 is 11.6 Å². The van der Waals surface area contributed by atoms with Gasteiger partial charge in [0, 0.05) is 16.1 Å². The summed E-state index contributed by atoms with van der Waals surface area (Å²) in [6.45, 7) is 0.274. The first-order valence-corrected chi connectivity index (χ1v) is 6.53. The number of anilines is 1. The zero-order valence-electron chi connectivity index (χ0n) is 11.0. The van der Waals surface area contributed by atoms with Gasteiger partial charge in [0.2, 0.25) is 0 Å². The van der Waals surface area contributed by atoms with Gasteiger partial charge in [0.15, 0.2) is 0 Å². The number of nitrogens with two attached hydrogens (primary N) is 1. The highest BCUT2D eigenvalue weighted by Crippen LogP contribution is 2.20. The zero-order valence-corrected chi connectivity index (χ0v) is 11.7. The van der Waals surface area contributed by atoms with E-state index in [2.05, 4.69) is 17.2 Å². The normalized spacial score (nSPS) is 9.67. The molecule has 21 heavy (non-hydrogen) atoms. The number of amides is 1. The number of nitrogens with one attached hydrogen (secondary N) is 1. The topological polar surface area (TPSA) is 55.1 Å². The van der Waals surface area contributed by atoms with Gasteiger partial charge in [0.25, 0.3) is 5.91 Å². The van der Waals surface area contributed by atoms with Crippen LogP contribution in [0, 0.1) is 17.7 Å². The van der Waals surface area contributed by atoms with Gasteiger partial charge in [-0.05, 0) is 42.5 Å². The SMILES string of the molecule is NCC#Cc1ccc(C(=O)Nc2cc(Cl)ccc2F)cc1. The van der Waals surface area contributed by atoms with Crippen molar-refractivity contribution in [3.05, 3.63) is 64.4 Å². The molecule has 0 radical (unpaired) electrons. The molecule has 1 amide bonds. The van der Waals surface area contributed by atoms with Crippen LogP contribution in [0.1, 0.15) is 15.9 Å². The molecule has 0 saturated heterocycles. The summed E-state index contributed by atoms with van der Waals surface area (Å²) in [5, 5.41) is 2.82. The van der Waals surface area contributed by atoms with Crippen molar-refractivity contribution in [3.8, 4) is 11.8 Å². The van der Waals surface area contributed by atoms with E-state index in [-0.39, 0.29) is 12.2 Å². The molecule has 0 aliphatic rings. The Balaban J connectivity index is 2.15. The first-order valence-electron chi connectivity index (χ1n) is 6.15. The summed E-state index contributed by atoms with van der Waals surface area (Å²) >= 11 is 5.77. The van der Waals surface area contributed by atoms with Crippen molar-refractivity contribution in [2.24, 2.45) is 5.73 Å². The standard InChI is InChI=1S/C16H12ClFN2O/c17-13-7-8-14(18)15(10-13)20-16(21)12-5-3-11(4-6-12)2-1-9-19/h3-8,10H,9,19H2,(H,20,21). The quantitative estimate of drug-likeness (QED) is 0.838. The molecule has 106 valence electrons. The van der Waals surface area contributed by atoms with Gasteiger partial charge in [-0.15, -0.1) is 0 Å². The molecule has 0 unspecified atom stereocenters. The lowest BCUT2D eigenvalue weighted by Crippen LogP contribution is -2.12. The third-order valence-electron chi connectivity index (χ3n) is 2.66. The molecule has 3 nitrogen and oxygen atoms in total. The lowest BCUT2D eigenvalue weighted by atomic mass is 10.1. The van der Waals surface area contributed by atoms with Gasteiger partial charge in [-0.1, -0.05) is 23.4 Å². The van der Waals surface area contributed by atoms with Gasteiger partial charge in [0.1, 0.15) is 5.82 Å². The third kappa shape index (κ3) is 4.06. The smallest absolute Gasteiger partial charge is 0.255 e. The van der Waals surface area contributed by atoms with E-state index >= 15 is 0 Å². The van der Waals surface area contributed by atoms with Crippen molar-refractivity contribution in [2.45, 2.75) is 0 Å². The largest absolute Gasteiger partial charge is 0.320 e. The van der Waals surface area contributed by atoms with E-state index in [0.29, 0.717) is 10.6 Å². The van der Waals surface area contributed by atoms with Crippen molar-refractivity contribution in [3.63, 3.8) is 0 Å². The molecule has 0 aromatic heterocycles. The first-order chi connectivity index (χ1) is 10.1. The van der Waals surface area contributed by atoms with E-state index in [1.54, 1.807) is 24.3 Å². The lowest BCUT2D eigenvalue weighted by Gasteiger charge is -2.07. The average molecular weight is 303 g/mol. The second-order valence-electron chi connectivity index (χ2n) is 4.16. The van der Waals surface area contributed by atoms with Gasteiger partial charge in [-0.3, -0.25) is 4.79 Å². The summed E-state index contributed by atoms with van der Waals surface area (Å²) in [5.74, 6) is 4.61. The maximum Gasteiger partial charge on any atom is 0.255 e. The molecule has 0 spiro atoms. The van der Waals surface area contributed by atoms with Crippen LogP contribution in [0.3, 0.4) is 0 Å². The van der Waals surface area contributed by atoms with E-state index < -0.39 is 11.7 Å². The molecule has 0 fully saturated rings. The number of hydrogen-bond donors (Lipinski definition) is 2. The molecule has 2 rings (SSSR count).